The summed E-state index contributed by atoms with van der Waals surface area (Å²) in [5, 5.41) is 14.9. The number of hydrogen-bond acceptors (Lipinski definition) is 5. The minimum Gasteiger partial charge on any atom is -0.508 e. The van der Waals surface area contributed by atoms with Crippen molar-refractivity contribution in [3.8, 4) is 16.9 Å². The smallest absolute Gasteiger partial charge is 0.254 e. The highest BCUT2D eigenvalue weighted by atomic mass is 16.5. The standard InChI is InChI=1S/C36H33N3O4/c1-38(35(41)31-9-8-29-23-34(40)15-12-28(29)21-31)24-25-4-2-5-27(20-25)26-10-13-32(14-11-26)37-33-7-3-6-30(22-33)36(42)39-16-18-43-19-17-39/h2-15,20-23,37,40H,16-19,24H2,1H3. The summed E-state index contributed by atoms with van der Waals surface area (Å²) in [6, 6.07) is 34.6. The maximum Gasteiger partial charge on any atom is 0.254 e. The van der Waals surface area contributed by atoms with Gasteiger partial charge in [-0.2, -0.15) is 0 Å². The van der Waals surface area contributed by atoms with Crippen molar-refractivity contribution in [2.75, 3.05) is 38.7 Å². The molecule has 6 rings (SSSR count). The lowest BCUT2D eigenvalue weighted by Gasteiger charge is -2.27. The molecule has 0 atom stereocenters. The molecule has 0 bridgehead atoms. The molecule has 7 heteroatoms. The van der Waals surface area contributed by atoms with Gasteiger partial charge in [-0.3, -0.25) is 9.59 Å². The first-order valence-electron chi connectivity index (χ1n) is 14.3. The molecule has 5 aromatic rings. The third-order valence-corrected chi connectivity index (χ3v) is 7.68. The maximum atomic E-state index is 13.2. The highest BCUT2D eigenvalue weighted by Gasteiger charge is 2.19. The highest BCUT2D eigenvalue weighted by Crippen LogP contribution is 2.26. The zero-order valence-electron chi connectivity index (χ0n) is 24.0. The summed E-state index contributed by atoms with van der Waals surface area (Å²) in [7, 11) is 1.81. The van der Waals surface area contributed by atoms with Gasteiger partial charge in [-0.1, -0.05) is 48.5 Å². The summed E-state index contributed by atoms with van der Waals surface area (Å²) in [5.74, 6) is 0.163. The summed E-state index contributed by atoms with van der Waals surface area (Å²) in [6.07, 6.45) is 0. The molecule has 7 nitrogen and oxygen atoms in total. The van der Waals surface area contributed by atoms with E-state index in [1.54, 1.807) is 30.1 Å². The average molecular weight is 572 g/mol. The van der Waals surface area contributed by atoms with Gasteiger partial charge in [-0.15, -0.1) is 0 Å². The first-order chi connectivity index (χ1) is 20.9. The predicted molar refractivity (Wildman–Crippen MR) is 170 cm³/mol. The summed E-state index contributed by atoms with van der Waals surface area (Å²) < 4.78 is 5.37. The Kier molecular flexibility index (Phi) is 8.07. The van der Waals surface area contributed by atoms with Crippen LogP contribution in [0.15, 0.2) is 109 Å². The molecule has 2 amide bonds. The van der Waals surface area contributed by atoms with Crippen LogP contribution < -0.4 is 5.32 Å². The van der Waals surface area contributed by atoms with Gasteiger partial charge < -0.3 is 25.0 Å². The van der Waals surface area contributed by atoms with E-state index < -0.39 is 0 Å². The molecule has 1 aliphatic heterocycles. The maximum absolute atomic E-state index is 13.2. The van der Waals surface area contributed by atoms with E-state index in [1.807, 2.05) is 71.6 Å². The Morgan fingerprint density at radius 2 is 1.51 bits per heavy atom. The minimum atomic E-state index is -0.0634. The number of hydrogen-bond donors (Lipinski definition) is 2. The van der Waals surface area contributed by atoms with Gasteiger partial charge in [0.25, 0.3) is 11.8 Å². The number of rotatable bonds is 7. The largest absolute Gasteiger partial charge is 0.508 e. The van der Waals surface area contributed by atoms with E-state index in [4.69, 9.17) is 4.74 Å². The molecule has 0 spiro atoms. The number of amides is 2. The van der Waals surface area contributed by atoms with Crippen molar-refractivity contribution >= 4 is 34.0 Å². The number of phenols is 1. The minimum absolute atomic E-state index is 0.0212. The predicted octanol–water partition coefficient (Wildman–Crippen LogP) is 6.70. The highest BCUT2D eigenvalue weighted by molar-refractivity contribution is 5.99. The SMILES string of the molecule is CN(Cc1cccc(-c2ccc(Nc3cccc(C(=O)N4CCOCC4)c3)cc2)c1)C(=O)c1ccc2cc(O)ccc2c1. The number of carbonyl (C=O) groups is 2. The Morgan fingerprint density at radius 1 is 0.767 bits per heavy atom. The molecule has 0 unspecified atom stereocenters. The van der Waals surface area contributed by atoms with Crippen molar-refractivity contribution in [2.24, 2.45) is 0 Å². The summed E-state index contributed by atoms with van der Waals surface area (Å²) in [5.41, 5.74) is 6.20. The Bertz CT molecular complexity index is 1780. The number of carbonyl (C=O) groups excluding carboxylic acids is 2. The first-order valence-corrected chi connectivity index (χ1v) is 14.3. The second-order valence-electron chi connectivity index (χ2n) is 10.8. The van der Waals surface area contributed by atoms with Gasteiger partial charge in [0.15, 0.2) is 0 Å². The van der Waals surface area contributed by atoms with Gasteiger partial charge in [0.05, 0.1) is 13.2 Å². The normalized spacial score (nSPS) is 13.1. The molecule has 216 valence electrons. The van der Waals surface area contributed by atoms with E-state index in [2.05, 4.69) is 29.6 Å². The van der Waals surface area contributed by atoms with Crippen LogP contribution >= 0.6 is 0 Å². The number of phenolic OH excluding ortho intramolecular Hbond substituents is 1. The fourth-order valence-corrected chi connectivity index (χ4v) is 5.37. The van der Waals surface area contributed by atoms with Crippen molar-refractivity contribution in [2.45, 2.75) is 6.54 Å². The molecular formula is C36H33N3O4. The van der Waals surface area contributed by atoms with Crippen LogP contribution in [0.3, 0.4) is 0 Å². The number of benzene rings is 5. The van der Waals surface area contributed by atoms with Gasteiger partial charge in [-0.25, -0.2) is 0 Å². The molecule has 0 aliphatic carbocycles. The molecular weight excluding hydrogens is 538 g/mol. The number of aromatic hydroxyl groups is 1. The van der Waals surface area contributed by atoms with Crippen molar-refractivity contribution in [3.63, 3.8) is 0 Å². The van der Waals surface area contributed by atoms with Crippen LogP contribution in [-0.2, 0) is 11.3 Å². The van der Waals surface area contributed by atoms with E-state index in [0.717, 1.165) is 38.8 Å². The van der Waals surface area contributed by atoms with E-state index in [0.29, 0.717) is 44.0 Å². The fraction of sp³-hybridized carbons (Fsp3) is 0.167. The monoisotopic (exact) mass is 571 g/mol. The number of anilines is 2. The molecule has 1 aliphatic rings. The van der Waals surface area contributed by atoms with Gasteiger partial charge in [-0.05, 0) is 88.1 Å². The Balaban J connectivity index is 1.11. The van der Waals surface area contributed by atoms with E-state index >= 15 is 0 Å². The molecule has 0 aromatic heterocycles. The average Bonchev–Trinajstić information content (AvgIpc) is 3.05. The van der Waals surface area contributed by atoms with Crippen LogP contribution in [0.1, 0.15) is 26.3 Å². The number of morpholine rings is 1. The Labute approximate surface area is 250 Å². The van der Waals surface area contributed by atoms with Crippen LogP contribution in [0.2, 0.25) is 0 Å². The lowest BCUT2D eigenvalue weighted by atomic mass is 10.0. The van der Waals surface area contributed by atoms with Crippen LogP contribution in [0.5, 0.6) is 5.75 Å². The fourth-order valence-electron chi connectivity index (χ4n) is 5.37. The summed E-state index contributed by atoms with van der Waals surface area (Å²) in [4.78, 5) is 29.6. The van der Waals surface area contributed by atoms with E-state index in [9.17, 15) is 14.7 Å². The molecule has 1 heterocycles. The van der Waals surface area contributed by atoms with E-state index in [1.165, 1.54) is 0 Å². The van der Waals surface area contributed by atoms with Crippen molar-refractivity contribution in [1.82, 2.24) is 9.80 Å². The third kappa shape index (κ3) is 6.52. The number of fused-ring (bicyclic) bond motifs is 1. The Morgan fingerprint density at radius 3 is 2.33 bits per heavy atom. The topological polar surface area (TPSA) is 82.1 Å². The summed E-state index contributed by atoms with van der Waals surface area (Å²) in [6.45, 7) is 2.85. The van der Waals surface area contributed by atoms with Gasteiger partial charge in [0.2, 0.25) is 0 Å². The van der Waals surface area contributed by atoms with Gasteiger partial charge in [0.1, 0.15) is 5.75 Å². The summed E-state index contributed by atoms with van der Waals surface area (Å²) >= 11 is 0. The zero-order chi connectivity index (χ0) is 29.8. The molecule has 43 heavy (non-hydrogen) atoms. The second-order valence-corrected chi connectivity index (χ2v) is 10.8. The van der Waals surface area contributed by atoms with Crippen molar-refractivity contribution < 1.29 is 19.4 Å². The van der Waals surface area contributed by atoms with Gasteiger partial charge in [0, 0.05) is 49.2 Å². The molecule has 1 saturated heterocycles. The molecule has 0 radical (unpaired) electrons. The van der Waals surface area contributed by atoms with Crippen molar-refractivity contribution in [3.05, 3.63) is 126 Å². The van der Waals surface area contributed by atoms with Gasteiger partial charge >= 0.3 is 0 Å². The second kappa shape index (κ2) is 12.4. The van der Waals surface area contributed by atoms with E-state index in [-0.39, 0.29) is 17.6 Å². The quantitative estimate of drug-likeness (QED) is 0.227. The lowest BCUT2D eigenvalue weighted by Crippen LogP contribution is -2.40. The molecule has 1 fully saturated rings. The number of ether oxygens (including phenoxy) is 1. The number of nitrogens with one attached hydrogen (secondary N) is 1. The first kappa shape index (κ1) is 28.0. The van der Waals surface area contributed by atoms with Crippen molar-refractivity contribution in [1.29, 1.82) is 0 Å². The molecule has 5 aromatic carbocycles. The molecule has 0 saturated carbocycles. The third-order valence-electron chi connectivity index (χ3n) is 7.68. The van der Waals surface area contributed by atoms with Crippen LogP contribution in [0.4, 0.5) is 11.4 Å². The number of nitrogens with zero attached hydrogens (tertiary/aromatic N) is 2. The molecule has 2 N–H and O–H groups in total. The van der Waals surface area contributed by atoms with Crippen LogP contribution in [0, 0.1) is 0 Å². The Hall–Kier alpha value is -5.14. The zero-order valence-corrected chi connectivity index (χ0v) is 24.0. The lowest BCUT2D eigenvalue weighted by molar-refractivity contribution is 0.0303. The van der Waals surface area contributed by atoms with Crippen LogP contribution in [-0.4, -0.2) is 60.1 Å². The van der Waals surface area contributed by atoms with Crippen LogP contribution in [0.25, 0.3) is 21.9 Å².